The summed E-state index contributed by atoms with van der Waals surface area (Å²) < 4.78 is 79.9. The van der Waals surface area contributed by atoms with Gasteiger partial charge < -0.3 is 5.11 Å². The lowest BCUT2D eigenvalue weighted by molar-refractivity contribution is -0.393. The van der Waals surface area contributed by atoms with Crippen LogP contribution < -0.4 is 5.43 Å². The van der Waals surface area contributed by atoms with E-state index in [2.05, 4.69) is 5.10 Å². The summed E-state index contributed by atoms with van der Waals surface area (Å²) in [6.45, 7) is 3.80. The van der Waals surface area contributed by atoms with Gasteiger partial charge in [-0.25, -0.2) is 0 Å². The zero-order chi connectivity index (χ0) is 27.5. The topological polar surface area (TPSA) is 131 Å². The number of hydrazone groups is 1. The van der Waals surface area contributed by atoms with E-state index in [0.717, 1.165) is 37.5 Å². The van der Waals surface area contributed by atoms with E-state index in [1.54, 1.807) is 0 Å². The van der Waals surface area contributed by atoms with E-state index in [9.17, 15) is 51.7 Å². The van der Waals surface area contributed by atoms with E-state index >= 15 is 0 Å². The average molecular weight is 526 g/mol. The number of anilines is 1. The molecule has 0 radical (unpaired) electrons. The zero-order valence-corrected chi connectivity index (χ0v) is 19.2. The Morgan fingerprint density at radius 3 is 2.25 bits per heavy atom. The van der Waals surface area contributed by atoms with Gasteiger partial charge in [0.2, 0.25) is 0 Å². The molecule has 2 rings (SSSR count). The second-order valence-corrected chi connectivity index (χ2v) is 9.16. The third kappa shape index (κ3) is 6.50. The number of nitro groups is 2. The smallest absolute Gasteiger partial charge is 0.373 e. The minimum Gasteiger partial charge on any atom is -0.373 e. The minimum atomic E-state index is -6.11. The summed E-state index contributed by atoms with van der Waals surface area (Å²) in [6, 6.07) is 2.23. The summed E-state index contributed by atoms with van der Waals surface area (Å²) in [5.74, 6) is -0.213. The van der Waals surface area contributed by atoms with Gasteiger partial charge in [-0.1, -0.05) is 32.8 Å². The van der Waals surface area contributed by atoms with Crippen LogP contribution in [0.5, 0.6) is 0 Å². The highest BCUT2D eigenvalue weighted by atomic mass is 19.4. The van der Waals surface area contributed by atoms with Crippen LogP contribution in [0.3, 0.4) is 0 Å². The lowest BCUT2D eigenvalue weighted by atomic mass is 9.69. The Balaban J connectivity index is 2.53. The van der Waals surface area contributed by atoms with Gasteiger partial charge in [-0.3, -0.25) is 25.7 Å². The monoisotopic (exact) mass is 526 g/mol. The highest BCUT2D eigenvalue weighted by Crippen LogP contribution is 2.46. The first-order valence-electron chi connectivity index (χ1n) is 10.7. The molecule has 200 valence electrons. The van der Waals surface area contributed by atoms with E-state index in [4.69, 9.17) is 0 Å². The molecule has 0 aliphatic heterocycles. The van der Waals surface area contributed by atoms with Crippen LogP contribution in [0.15, 0.2) is 35.5 Å². The third-order valence-corrected chi connectivity index (χ3v) is 6.19. The fraction of sp³-hybridized carbons (Fsp3) is 0.571. The summed E-state index contributed by atoms with van der Waals surface area (Å²) in [4.78, 5) is 20.2. The first-order valence-corrected chi connectivity index (χ1v) is 10.7. The second-order valence-electron chi connectivity index (χ2n) is 9.16. The Kier molecular flexibility index (Phi) is 8.38. The lowest BCUT2D eigenvalue weighted by Gasteiger charge is -2.37. The number of hydrogen-bond acceptors (Lipinski definition) is 7. The molecule has 15 heteroatoms. The van der Waals surface area contributed by atoms with Crippen molar-refractivity contribution in [2.24, 2.45) is 16.4 Å². The van der Waals surface area contributed by atoms with Gasteiger partial charge in [0.05, 0.1) is 21.6 Å². The van der Waals surface area contributed by atoms with Crippen LogP contribution in [-0.4, -0.2) is 38.6 Å². The molecule has 0 spiro atoms. The highest BCUT2D eigenvalue weighted by Gasteiger charge is 2.70. The second kappa shape index (κ2) is 10.4. The normalized spacial score (nSPS) is 19.4. The standard InChI is InChI=1S/C21H24F6N4O5/c1-18(2)10-4-3-5-13(18)6-7-14(12-19(32,20(22,23)24)21(25,26)27)28-29-16-9-8-15(30(33)34)11-17(16)31(35)36/h6-9,11,13,29,32H,3-5,10,12H2,1-2H3/b7-6+,28-14+. The molecule has 0 saturated heterocycles. The van der Waals surface area contributed by atoms with Crippen LogP contribution >= 0.6 is 0 Å². The van der Waals surface area contributed by atoms with Crippen molar-refractivity contribution in [2.75, 3.05) is 5.43 Å². The van der Waals surface area contributed by atoms with Crippen molar-refractivity contribution in [3.8, 4) is 0 Å². The van der Waals surface area contributed by atoms with Gasteiger partial charge in [0.1, 0.15) is 5.69 Å². The van der Waals surface area contributed by atoms with Crippen molar-refractivity contribution in [3.05, 3.63) is 50.6 Å². The number of rotatable bonds is 8. The maximum absolute atomic E-state index is 13.3. The Hall–Kier alpha value is -3.23. The molecule has 1 atom stereocenters. The Labute approximate surface area is 201 Å². The van der Waals surface area contributed by atoms with Crippen LogP contribution in [0, 0.1) is 31.6 Å². The molecule has 1 saturated carbocycles. The first kappa shape index (κ1) is 29.0. The Morgan fingerprint density at radius 2 is 1.75 bits per heavy atom. The minimum absolute atomic E-state index is 0.213. The predicted octanol–water partition coefficient (Wildman–Crippen LogP) is 6.29. The van der Waals surface area contributed by atoms with Gasteiger partial charge in [0.15, 0.2) is 0 Å². The van der Waals surface area contributed by atoms with Crippen LogP contribution in [-0.2, 0) is 0 Å². The summed E-state index contributed by atoms with van der Waals surface area (Å²) in [5.41, 5.74) is -6.37. The molecule has 0 heterocycles. The SMILES string of the molecule is CC1(C)CCCCC1/C=C/C(CC(O)(C(F)(F)F)C(F)(F)F)=N\Nc1ccc([N+](=O)[O-])cc1[N+](=O)[O-]. The number of benzene rings is 1. The quantitative estimate of drug-likeness (QED) is 0.177. The molecule has 0 amide bonds. The molecule has 9 nitrogen and oxygen atoms in total. The van der Waals surface area contributed by atoms with E-state index in [1.807, 2.05) is 19.3 Å². The first-order chi connectivity index (χ1) is 16.4. The Morgan fingerprint density at radius 1 is 1.14 bits per heavy atom. The van der Waals surface area contributed by atoms with Crippen LogP contribution in [0.25, 0.3) is 0 Å². The molecular weight excluding hydrogens is 502 g/mol. The number of hydrogen-bond donors (Lipinski definition) is 2. The van der Waals surface area contributed by atoms with Crippen LogP contribution in [0.2, 0.25) is 0 Å². The molecule has 0 aromatic heterocycles. The highest BCUT2D eigenvalue weighted by molar-refractivity contribution is 5.96. The summed E-state index contributed by atoms with van der Waals surface area (Å²) >= 11 is 0. The van der Waals surface area contributed by atoms with Crippen LogP contribution in [0.1, 0.15) is 46.0 Å². The number of non-ortho nitro benzene ring substituents is 1. The van der Waals surface area contributed by atoms with Gasteiger partial charge in [-0.2, -0.15) is 31.4 Å². The summed E-state index contributed by atoms with van der Waals surface area (Å²) in [5, 5.41) is 35.3. The molecule has 1 unspecified atom stereocenters. The molecule has 36 heavy (non-hydrogen) atoms. The van der Waals surface area contributed by atoms with Crippen molar-refractivity contribution in [3.63, 3.8) is 0 Å². The lowest BCUT2D eigenvalue weighted by Crippen LogP contribution is -2.57. The third-order valence-electron chi connectivity index (χ3n) is 6.19. The van der Waals surface area contributed by atoms with Gasteiger partial charge in [0.25, 0.3) is 11.3 Å². The largest absolute Gasteiger partial charge is 0.426 e. The molecular formula is C21H24F6N4O5. The van der Waals surface area contributed by atoms with Gasteiger partial charge in [-0.05, 0) is 36.3 Å². The number of halogens is 6. The fourth-order valence-corrected chi connectivity index (χ4v) is 3.88. The average Bonchev–Trinajstić information content (AvgIpc) is 2.74. The molecule has 1 aliphatic carbocycles. The number of allylic oxidation sites excluding steroid dienone is 2. The number of alkyl halides is 6. The fourth-order valence-electron chi connectivity index (χ4n) is 3.88. The van der Waals surface area contributed by atoms with Crippen molar-refractivity contribution in [2.45, 2.75) is 63.9 Å². The Bertz CT molecular complexity index is 1040. The van der Waals surface area contributed by atoms with Crippen molar-refractivity contribution in [1.82, 2.24) is 0 Å². The number of nitro benzene ring substituents is 2. The summed E-state index contributed by atoms with van der Waals surface area (Å²) in [6.07, 6.45) is -8.80. The maximum atomic E-state index is 13.3. The zero-order valence-electron chi connectivity index (χ0n) is 19.2. The van der Waals surface area contributed by atoms with E-state index in [1.165, 1.54) is 6.08 Å². The van der Waals surface area contributed by atoms with E-state index in [0.29, 0.717) is 12.5 Å². The number of nitrogens with one attached hydrogen (secondary N) is 1. The molecule has 0 bridgehead atoms. The molecule has 1 aliphatic rings. The molecule has 2 N–H and O–H groups in total. The van der Waals surface area contributed by atoms with Gasteiger partial charge in [0, 0.05) is 12.5 Å². The van der Waals surface area contributed by atoms with Gasteiger partial charge in [-0.15, -0.1) is 0 Å². The van der Waals surface area contributed by atoms with Crippen molar-refractivity contribution in [1.29, 1.82) is 0 Å². The number of aliphatic hydroxyl groups is 1. The predicted molar refractivity (Wildman–Crippen MR) is 117 cm³/mol. The van der Waals surface area contributed by atoms with Gasteiger partial charge >= 0.3 is 18.0 Å². The van der Waals surface area contributed by atoms with E-state index < -0.39 is 57.0 Å². The number of nitrogens with zero attached hydrogens (tertiary/aromatic N) is 3. The van der Waals surface area contributed by atoms with Crippen LogP contribution in [0.4, 0.5) is 43.4 Å². The molecule has 1 aromatic carbocycles. The molecule has 1 fully saturated rings. The maximum Gasteiger partial charge on any atom is 0.426 e. The summed E-state index contributed by atoms with van der Waals surface area (Å²) in [7, 11) is 0. The van der Waals surface area contributed by atoms with E-state index in [-0.39, 0.29) is 11.3 Å². The van der Waals surface area contributed by atoms with Crippen molar-refractivity contribution >= 4 is 22.8 Å². The van der Waals surface area contributed by atoms with Crippen molar-refractivity contribution < 1.29 is 41.3 Å². The molecule has 1 aromatic rings.